The Kier molecular flexibility index (Phi) is 21.8. The first-order valence-corrected chi connectivity index (χ1v) is 12.8. The summed E-state index contributed by atoms with van der Waals surface area (Å²) in [6.45, 7) is 29.5. The fourth-order valence-electron chi connectivity index (χ4n) is 3.68. The third-order valence-electron chi connectivity index (χ3n) is 4.55. The second-order valence-corrected chi connectivity index (χ2v) is 7.13. The molecular formula is C27H54N4O2. The second-order valence-electron chi connectivity index (χ2n) is 7.13. The minimum atomic E-state index is 0.237. The molecule has 0 aromatic heterocycles. The average molecular weight is 467 g/mol. The Morgan fingerprint density at radius 2 is 1.06 bits per heavy atom. The summed E-state index contributed by atoms with van der Waals surface area (Å²) in [6, 6.07) is 0. The fraction of sp³-hybridized carbons (Fsp3) is 0.704. The van der Waals surface area contributed by atoms with Gasteiger partial charge in [0.05, 0.1) is 0 Å². The van der Waals surface area contributed by atoms with Gasteiger partial charge in [0.1, 0.15) is 13.2 Å². The summed E-state index contributed by atoms with van der Waals surface area (Å²) in [5, 5.41) is 8.26. The minimum Gasteiger partial charge on any atom is -0.394 e. The molecule has 4 N–H and O–H groups in total. The molecule has 0 saturated heterocycles. The van der Waals surface area contributed by atoms with Gasteiger partial charge in [0.25, 0.3) is 0 Å². The zero-order chi connectivity index (χ0) is 26.7. The molecule has 0 aliphatic rings. The van der Waals surface area contributed by atoms with E-state index < -0.39 is 0 Å². The fourth-order valence-corrected chi connectivity index (χ4v) is 3.68. The predicted octanol–water partition coefficient (Wildman–Crippen LogP) is 7.20. The number of nitrogens with zero attached hydrogens (tertiary/aromatic N) is 2. The Hall–Kier alpha value is -2.24. The molecule has 0 saturated carbocycles. The van der Waals surface area contributed by atoms with Crippen LogP contribution in [0.1, 0.15) is 135 Å². The van der Waals surface area contributed by atoms with E-state index >= 15 is 0 Å². The molecule has 6 nitrogen and oxygen atoms in total. The predicted molar refractivity (Wildman–Crippen MR) is 147 cm³/mol. The Bertz CT molecular complexity index is 709. The average Bonchev–Trinajstić information content (AvgIpc) is 2.83. The van der Waals surface area contributed by atoms with E-state index in [9.17, 15) is 0 Å². The van der Waals surface area contributed by atoms with Crippen LogP contribution in [0.3, 0.4) is 0 Å². The van der Waals surface area contributed by atoms with Crippen molar-refractivity contribution in [3.8, 4) is 0 Å². The standard InChI is InChI=1S/C21H36N4O2.3C2H6/c1-9-15-17(13(6)7)18(20(22)24-26-10-2)14(8)16(12(4)5)19(15)21(23)25-27-11-3;3*1-2/h12-13H,9-11H2,1-8H3,(H2,22,24)(H2,23,25);3*1-2H3. The summed E-state index contributed by atoms with van der Waals surface area (Å²) in [6.07, 6.45) is 0.806. The van der Waals surface area contributed by atoms with E-state index in [1.165, 1.54) is 0 Å². The van der Waals surface area contributed by atoms with Crippen molar-refractivity contribution in [1.29, 1.82) is 0 Å². The van der Waals surface area contributed by atoms with Gasteiger partial charge >= 0.3 is 0 Å². The summed E-state index contributed by atoms with van der Waals surface area (Å²) in [4.78, 5) is 10.5. The lowest BCUT2D eigenvalue weighted by Crippen LogP contribution is -2.27. The zero-order valence-corrected chi connectivity index (χ0v) is 24.1. The van der Waals surface area contributed by atoms with E-state index in [-0.39, 0.29) is 11.8 Å². The number of oxime groups is 2. The molecule has 1 aromatic rings. The van der Waals surface area contributed by atoms with Gasteiger partial charge in [0, 0.05) is 11.1 Å². The molecule has 194 valence electrons. The molecular weight excluding hydrogens is 412 g/mol. The lowest BCUT2D eigenvalue weighted by atomic mass is 9.78. The number of rotatable bonds is 9. The smallest absolute Gasteiger partial charge is 0.170 e. The van der Waals surface area contributed by atoms with E-state index in [0.717, 1.165) is 39.8 Å². The number of hydrogen-bond acceptors (Lipinski definition) is 4. The highest BCUT2D eigenvalue weighted by Gasteiger charge is 2.27. The number of nitrogens with two attached hydrogens (primary N) is 2. The number of hydrogen-bond donors (Lipinski definition) is 2. The van der Waals surface area contributed by atoms with Gasteiger partial charge in [0.15, 0.2) is 11.7 Å². The molecule has 0 unspecified atom stereocenters. The van der Waals surface area contributed by atoms with Crippen LogP contribution < -0.4 is 11.5 Å². The lowest BCUT2D eigenvalue weighted by Gasteiger charge is -2.27. The van der Waals surface area contributed by atoms with Crippen molar-refractivity contribution in [2.24, 2.45) is 21.8 Å². The van der Waals surface area contributed by atoms with Crippen molar-refractivity contribution >= 4 is 11.7 Å². The third kappa shape index (κ3) is 10.1. The summed E-state index contributed by atoms with van der Waals surface area (Å²) in [7, 11) is 0. The molecule has 33 heavy (non-hydrogen) atoms. The second kappa shape index (κ2) is 20.4. The summed E-state index contributed by atoms with van der Waals surface area (Å²) in [5.41, 5.74) is 19.1. The van der Waals surface area contributed by atoms with Crippen molar-refractivity contribution in [2.45, 2.75) is 115 Å². The maximum atomic E-state index is 6.38. The van der Waals surface area contributed by atoms with Crippen molar-refractivity contribution in [2.75, 3.05) is 13.2 Å². The van der Waals surface area contributed by atoms with E-state index in [1.54, 1.807) is 0 Å². The topological polar surface area (TPSA) is 95.2 Å². The molecule has 0 spiro atoms. The molecule has 0 aliphatic heterocycles. The molecule has 0 bridgehead atoms. The van der Waals surface area contributed by atoms with Gasteiger partial charge in [-0.05, 0) is 61.3 Å². The van der Waals surface area contributed by atoms with E-state index in [2.05, 4.69) is 51.9 Å². The van der Waals surface area contributed by atoms with Crippen LogP contribution in [0.2, 0.25) is 0 Å². The molecule has 0 amide bonds. The van der Waals surface area contributed by atoms with Crippen LogP contribution >= 0.6 is 0 Å². The van der Waals surface area contributed by atoms with Gasteiger partial charge in [-0.25, -0.2) is 0 Å². The van der Waals surface area contributed by atoms with Crippen LogP contribution in [0.5, 0.6) is 0 Å². The van der Waals surface area contributed by atoms with Crippen LogP contribution in [-0.4, -0.2) is 24.9 Å². The molecule has 0 aliphatic carbocycles. The van der Waals surface area contributed by atoms with Crippen LogP contribution in [0.4, 0.5) is 0 Å². The third-order valence-corrected chi connectivity index (χ3v) is 4.55. The largest absolute Gasteiger partial charge is 0.394 e. The molecule has 0 heterocycles. The normalized spacial score (nSPS) is 11.0. The molecule has 1 aromatic carbocycles. The first kappa shape index (κ1) is 35.4. The van der Waals surface area contributed by atoms with Crippen LogP contribution in [0, 0.1) is 6.92 Å². The highest BCUT2D eigenvalue weighted by atomic mass is 16.6. The first-order chi connectivity index (χ1) is 15.7. The van der Waals surface area contributed by atoms with Gasteiger partial charge in [-0.2, -0.15) is 0 Å². The van der Waals surface area contributed by atoms with E-state index in [0.29, 0.717) is 24.9 Å². The molecule has 0 radical (unpaired) electrons. The first-order valence-electron chi connectivity index (χ1n) is 12.8. The highest BCUT2D eigenvalue weighted by molar-refractivity contribution is 6.06. The van der Waals surface area contributed by atoms with E-state index in [1.807, 2.05) is 55.4 Å². The van der Waals surface area contributed by atoms with Crippen molar-refractivity contribution in [3.63, 3.8) is 0 Å². The van der Waals surface area contributed by atoms with Crippen LogP contribution in [0.15, 0.2) is 10.3 Å². The molecule has 6 heteroatoms. The summed E-state index contributed by atoms with van der Waals surface area (Å²) < 4.78 is 0. The van der Waals surface area contributed by atoms with Gasteiger partial charge in [-0.15, -0.1) is 0 Å². The van der Waals surface area contributed by atoms with Crippen molar-refractivity contribution in [3.05, 3.63) is 33.4 Å². The maximum absolute atomic E-state index is 6.38. The Labute approximate surface area is 205 Å². The SMILES string of the molecule is CC.CC.CC.CCO/N=C(\N)c1c(CC)c(C(C)C)c(/C(N)=N/OCC)c(C)c1C(C)C. The zero-order valence-electron chi connectivity index (χ0n) is 24.1. The Morgan fingerprint density at radius 3 is 1.36 bits per heavy atom. The van der Waals surface area contributed by atoms with Gasteiger partial charge < -0.3 is 21.1 Å². The van der Waals surface area contributed by atoms with Crippen molar-refractivity contribution in [1.82, 2.24) is 0 Å². The van der Waals surface area contributed by atoms with Crippen LogP contribution in [0.25, 0.3) is 0 Å². The lowest BCUT2D eigenvalue weighted by molar-refractivity contribution is 0.158. The Morgan fingerprint density at radius 1 is 0.697 bits per heavy atom. The number of benzene rings is 1. The molecule has 1 rings (SSSR count). The highest BCUT2D eigenvalue weighted by Crippen LogP contribution is 2.36. The monoisotopic (exact) mass is 466 g/mol. The van der Waals surface area contributed by atoms with Gasteiger partial charge in [-0.1, -0.05) is 86.5 Å². The van der Waals surface area contributed by atoms with Crippen LogP contribution in [-0.2, 0) is 16.1 Å². The minimum absolute atomic E-state index is 0.237. The van der Waals surface area contributed by atoms with Gasteiger partial charge in [-0.3, -0.25) is 0 Å². The summed E-state index contributed by atoms with van der Waals surface area (Å²) in [5.74, 6) is 1.29. The summed E-state index contributed by atoms with van der Waals surface area (Å²) >= 11 is 0. The van der Waals surface area contributed by atoms with Gasteiger partial charge in [0.2, 0.25) is 0 Å². The molecule has 0 atom stereocenters. The molecule has 0 fully saturated rings. The number of amidine groups is 2. The van der Waals surface area contributed by atoms with Crippen molar-refractivity contribution < 1.29 is 9.68 Å². The maximum Gasteiger partial charge on any atom is 0.170 e. The Balaban J connectivity index is -0.00000138. The van der Waals surface area contributed by atoms with E-state index in [4.69, 9.17) is 21.1 Å². The quantitative estimate of drug-likeness (QED) is 0.228.